The highest BCUT2D eigenvalue weighted by Gasteiger charge is 2.10. The summed E-state index contributed by atoms with van der Waals surface area (Å²) in [6.07, 6.45) is 7.82. The Balaban J connectivity index is 2.01. The third-order valence-electron chi connectivity index (χ3n) is 2.98. The lowest BCUT2D eigenvalue weighted by Crippen LogP contribution is -2.26. The molecule has 0 saturated heterocycles. The molecule has 0 spiro atoms. The zero-order valence-electron chi connectivity index (χ0n) is 10.3. The number of pyridine rings is 1. The number of hydrogen-bond donors (Lipinski definition) is 0. The number of fused-ring (bicyclic) bond motifs is 1. The Bertz CT molecular complexity index is 748. The molecule has 3 rings (SSSR count). The van der Waals surface area contributed by atoms with Crippen molar-refractivity contribution in [3.63, 3.8) is 0 Å². The van der Waals surface area contributed by atoms with Crippen molar-refractivity contribution >= 4 is 10.9 Å². The average Bonchev–Trinajstić information content (AvgIpc) is 2.92. The van der Waals surface area contributed by atoms with E-state index < -0.39 is 0 Å². The number of rotatable bonds is 3. The van der Waals surface area contributed by atoms with Crippen LogP contribution in [0.2, 0.25) is 0 Å². The largest absolute Gasteiger partial charge is 0.294 e. The minimum atomic E-state index is -0.0919. The van der Waals surface area contributed by atoms with Gasteiger partial charge in [0.05, 0.1) is 29.8 Å². The lowest BCUT2D eigenvalue weighted by Gasteiger charge is -2.14. The fourth-order valence-electron chi connectivity index (χ4n) is 1.98. The van der Waals surface area contributed by atoms with Gasteiger partial charge in [0.15, 0.2) is 0 Å². The molecule has 19 heavy (non-hydrogen) atoms. The Labute approximate surface area is 108 Å². The molecule has 7 heteroatoms. The highest BCUT2D eigenvalue weighted by atomic mass is 16.1. The molecule has 0 unspecified atom stereocenters. The molecule has 3 aromatic rings. The summed E-state index contributed by atoms with van der Waals surface area (Å²) in [6.45, 7) is 2.50. The zero-order valence-corrected chi connectivity index (χ0v) is 10.3. The van der Waals surface area contributed by atoms with Gasteiger partial charge in [0.1, 0.15) is 12.7 Å². The van der Waals surface area contributed by atoms with Crippen molar-refractivity contribution in [3.05, 3.63) is 47.8 Å². The fraction of sp³-hybridized carbons (Fsp3) is 0.250. The Kier molecular flexibility index (Phi) is 2.79. The van der Waals surface area contributed by atoms with Gasteiger partial charge in [-0.1, -0.05) is 0 Å². The van der Waals surface area contributed by atoms with E-state index in [-0.39, 0.29) is 11.6 Å². The maximum Gasteiger partial charge on any atom is 0.263 e. The normalized spacial score (nSPS) is 12.7. The molecule has 0 radical (unpaired) electrons. The monoisotopic (exact) mass is 256 g/mol. The van der Waals surface area contributed by atoms with Gasteiger partial charge in [0, 0.05) is 12.4 Å². The number of nitrogens with zero attached hydrogens (tertiary/aromatic N) is 6. The predicted molar refractivity (Wildman–Crippen MR) is 68.5 cm³/mol. The van der Waals surface area contributed by atoms with Gasteiger partial charge in [-0.2, -0.15) is 5.10 Å². The van der Waals surface area contributed by atoms with Gasteiger partial charge < -0.3 is 0 Å². The van der Waals surface area contributed by atoms with Gasteiger partial charge in [0.2, 0.25) is 0 Å². The highest BCUT2D eigenvalue weighted by molar-refractivity contribution is 5.75. The Morgan fingerprint density at radius 3 is 3.00 bits per heavy atom. The van der Waals surface area contributed by atoms with E-state index >= 15 is 0 Å². The third-order valence-corrected chi connectivity index (χ3v) is 2.98. The summed E-state index contributed by atoms with van der Waals surface area (Å²) in [5.74, 6) is 0. The van der Waals surface area contributed by atoms with E-state index in [0.717, 1.165) is 0 Å². The van der Waals surface area contributed by atoms with Crippen molar-refractivity contribution in [2.45, 2.75) is 19.5 Å². The molecule has 0 aliphatic rings. The summed E-state index contributed by atoms with van der Waals surface area (Å²) >= 11 is 0. The van der Waals surface area contributed by atoms with Crippen molar-refractivity contribution < 1.29 is 0 Å². The van der Waals surface area contributed by atoms with E-state index in [1.54, 1.807) is 40.4 Å². The molecule has 0 fully saturated rings. The minimum Gasteiger partial charge on any atom is -0.294 e. The molecule has 0 aliphatic carbocycles. The first-order valence-corrected chi connectivity index (χ1v) is 5.89. The zero-order chi connectivity index (χ0) is 13.2. The van der Waals surface area contributed by atoms with Gasteiger partial charge in [-0.3, -0.25) is 19.0 Å². The Morgan fingerprint density at radius 1 is 1.32 bits per heavy atom. The first-order chi connectivity index (χ1) is 9.25. The molecule has 0 aliphatic heterocycles. The van der Waals surface area contributed by atoms with Crippen molar-refractivity contribution in [1.29, 1.82) is 0 Å². The quantitative estimate of drug-likeness (QED) is 0.687. The van der Waals surface area contributed by atoms with Crippen LogP contribution in [0.15, 0.2) is 42.2 Å². The second kappa shape index (κ2) is 4.60. The second-order valence-electron chi connectivity index (χ2n) is 4.32. The van der Waals surface area contributed by atoms with E-state index in [1.807, 2.05) is 6.92 Å². The Hall–Kier alpha value is -2.57. The molecular formula is C12H12N6O. The molecular weight excluding hydrogens is 244 g/mol. The fourth-order valence-corrected chi connectivity index (χ4v) is 1.98. The van der Waals surface area contributed by atoms with Gasteiger partial charge in [-0.05, 0) is 13.0 Å². The van der Waals surface area contributed by atoms with Crippen LogP contribution in [0, 0.1) is 0 Å². The molecule has 0 bridgehead atoms. The van der Waals surface area contributed by atoms with Crippen LogP contribution < -0.4 is 5.56 Å². The first kappa shape index (κ1) is 11.5. The molecule has 0 amide bonds. The van der Waals surface area contributed by atoms with Crippen LogP contribution >= 0.6 is 0 Å². The highest BCUT2D eigenvalue weighted by Crippen LogP contribution is 2.08. The summed E-state index contributed by atoms with van der Waals surface area (Å²) < 4.78 is 3.27. The third kappa shape index (κ3) is 2.10. The average molecular weight is 256 g/mol. The number of hydrogen-bond acceptors (Lipinski definition) is 5. The summed E-state index contributed by atoms with van der Waals surface area (Å²) in [5, 5.41) is 4.55. The van der Waals surface area contributed by atoms with Crippen LogP contribution in [0.5, 0.6) is 0 Å². The van der Waals surface area contributed by atoms with E-state index in [1.165, 1.54) is 6.33 Å². The molecule has 96 valence electrons. The van der Waals surface area contributed by atoms with E-state index in [9.17, 15) is 4.79 Å². The SMILES string of the molecule is C[C@H](Cn1cncn1)n1cnc2ccncc2c1=O. The van der Waals surface area contributed by atoms with E-state index in [4.69, 9.17) is 0 Å². The lowest BCUT2D eigenvalue weighted by atomic mass is 10.3. The summed E-state index contributed by atoms with van der Waals surface area (Å²) in [5.41, 5.74) is 0.565. The van der Waals surface area contributed by atoms with Crippen LogP contribution in [-0.4, -0.2) is 29.3 Å². The van der Waals surface area contributed by atoms with Crippen LogP contribution in [0.3, 0.4) is 0 Å². The van der Waals surface area contributed by atoms with Gasteiger partial charge in [0.25, 0.3) is 5.56 Å². The molecule has 0 N–H and O–H groups in total. The van der Waals surface area contributed by atoms with Crippen LogP contribution in [0.25, 0.3) is 10.9 Å². The standard InChI is InChI=1S/C12H12N6O/c1-9(5-17-7-14-6-16-17)18-8-15-11-2-3-13-4-10(11)12(18)19/h2-4,6-9H,5H2,1H3/t9-/m1/s1. The molecule has 3 heterocycles. The van der Waals surface area contributed by atoms with Crippen molar-refractivity contribution in [1.82, 2.24) is 29.3 Å². The van der Waals surface area contributed by atoms with Gasteiger partial charge in [-0.15, -0.1) is 0 Å². The van der Waals surface area contributed by atoms with E-state index in [0.29, 0.717) is 17.4 Å². The van der Waals surface area contributed by atoms with Crippen molar-refractivity contribution in [3.8, 4) is 0 Å². The van der Waals surface area contributed by atoms with E-state index in [2.05, 4.69) is 20.1 Å². The van der Waals surface area contributed by atoms with Crippen molar-refractivity contribution in [2.24, 2.45) is 0 Å². The minimum absolute atomic E-state index is 0.0636. The topological polar surface area (TPSA) is 78.5 Å². The maximum absolute atomic E-state index is 12.3. The molecule has 3 aromatic heterocycles. The molecule has 7 nitrogen and oxygen atoms in total. The Morgan fingerprint density at radius 2 is 2.21 bits per heavy atom. The van der Waals surface area contributed by atoms with Gasteiger partial charge >= 0.3 is 0 Å². The molecule has 1 atom stereocenters. The van der Waals surface area contributed by atoms with Crippen molar-refractivity contribution in [2.75, 3.05) is 0 Å². The second-order valence-corrected chi connectivity index (χ2v) is 4.32. The van der Waals surface area contributed by atoms with Crippen LogP contribution in [0.4, 0.5) is 0 Å². The smallest absolute Gasteiger partial charge is 0.263 e. The lowest BCUT2D eigenvalue weighted by molar-refractivity contribution is 0.425. The van der Waals surface area contributed by atoms with Crippen LogP contribution in [-0.2, 0) is 6.54 Å². The molecule has 0 aromatic carbocycles. The van der Waals surface area contributed by atoms with Gasteiger partial charge in [-0.25, -0.2) is 9.97 Å². The molecule has 0 saturated carbocycles. The maximum atomic E-state index is 12.3. The van der Waals surface area contributed by atoms with Crippen LogP contribution in [0.1, 0.15) is 13.0 Å². The summed E-state index contributed by atoms with van der Waals surface area (Å²) in [6, 6.07) is 1.66. The first-order valence-electron chi connectivity index (χ1n) is 5.89. The summed E-state index contributed by atoms with van der Waals surface area (Å²) in [7, 11) is 0. The number of aromatic nitrogens is 6. The predicted octanol–water partition coefficient (Wildman–Crippen LogP) is 0.644. The summed E-state index contributed by atoms with van der Waals surface area (Å²) in [4.78, 5) is 24.5.